The van der Waals surface area contributed by atoms with Crippen molar-refractivity contribution in [2.75, 3.05) is 13.2 Å². The predicted octanol–water partition coefficient (Wildman–Crippen LogP) is 3.82. The molecular weight excluding hydrogens is 410 g/mol. The number of aliphatic carboxylic acids is 2. The van der Waals surface area contributed by atoms with E-state index in [9.17, 15) is 19.5 Å². The van der Waals surface area contributed by atoms with Crippen molar-refractivity contribution < 1.29 is 29.3 Å². The molecule has 1 aliphatic carbocycles. The van der Waals surface area contributed by atoms with E-state index in [2.05, 4.69) is 17.9 Å². The maximum Gasteiger partial charge on any atom is 0.345 e. The summed E-state index contributed by atoms with van der Waals surface area (Å²) in [5, 5.41) is 17.0. The largest absolute Gasteiger partial charge is 0.480 e. The first-order chi connectivity index (χ1) is 15.0. The van der Waals surface area contributed by atoms with Crippen LogP contribution in [0.5, 0.6) is 0 Å². The average molecular weight is 440 g/mol. The second-order valence-electron chi connectivity index (χ2n) is 8.61. The van der Waals surface area contributed by atoms with Gasteiger partial charge in [0.2, 0.25) is 0 Å². The minimum Gasteiger partial charge on any atom is -0.480 e. The molecule has 0 bridgehead atoms. The minimum absolute atomic E-state index is 0.0842. The molecule has 4 N–H and O–H groups in total. The van der Waals surface area contributed by atoms with Gasteiger partial charge < -0.3 is 20.7 Å². The van der Waals surface area contributed by atoms with Gasteiger partial charge in [0.15, 0.2) is 0 Å². The van der Waals surface area contributed by atoms with Crippen molar-refractivity contribution in [1.82, 2.24) is 0 Å². The van der Waals surface area contributed by atoms with E-state index < -0.39 is 17.9 Å². The third-order valence-electron chi connectivity index (χ3n) is 4.89. The maximum absolute atomic E-state index is 12.4. The molecule has 0 fully saturated rings. The van der Waals surface area contributed by atoms with Gasteiger partial charge in [0, 0.05) is 5.92 Å². The van der Waals surface area contributed by atoms with Gasteiger partial charge in [-0.05, 0) is 34.1 Å². The second-order valence-corrected chi connectivity index (χ2v) is 8.61. The molecule has 0 radical (unpaired) electrons. The van der Waals surface area contributed by atoms with E-state index in [1.165, 1.54) is 6.08 Å². The number of allylic oxidation sites excluding steroid dienone is 1. The Morgan fingerprint density at radius 3 is 1.84 bits per heavy atom. The van der Waals surface area contributed by atoms with Crippen LogP contribution in [0.25, 0.3) is 11.1 Å². The topological polar surface area (TPSA) is 127 Å². The summed E-state index contributed by atoms with van der Waals surface area (Å²) >= 11 is 0. The molecular formula is C25H29NO6. The lowest BCUT2D eigenvalue weighted by Gasteiger charge is -2.16. The molecule has 3 rings (SSSR count). The van der Waals surface area contributed by atoms with Gasteiger partial charge >= 0.3 is 17.9 Å². The summed E-state index contributed by atoms with van der Waals surface area (Å²) in [7, 11) is 0. The van der Waals surface area contributed by atoms with Crippen LogP contribution >= 0.6 is 0 Å². The number of carboxylic acid groups (broad SMARTS) is 2. The molecule has 0 saturated heterocycles. The number of ether oxygens (including phenoxy) is 1. The Kier molecular flexibility index (Phi) is 8.32. The Morgan fingerprint density at radius 1 is 0.969 bits per heavy atom. The van der Waals surface area contributed by atoms with Gasteiger partial charge in [-0.1, -0.05) is 75.4 Å². The van der Waals surface area contributed by atoms with Crippen LogP contribution in [0.3, 0.4) is 0 Å². The van der Waals surface area contributed by atoms with Crippen molar-refractivity contribution >= 4 is 17.9 Å². The van der Waals surface area contributed by atoms with Gasteiger partial charge in [-0.3, -0.25) is 4.79 Å². The van der Waals surface area contributed by atoms with E-state index in [0.717, 1.165) is 22.3 Å². The SMILES string of the molecule is CC(C)(C)CC=C(C(=O)O)C(=O)OCC1c2ccccc2-c2ccccc21.NCC(=O)O. The number of hydrogen-bond donors (Lipinski definition) is 3. The van der Waals surface area contributed by atoms with Gasteiger partial charge in [-0.2, -0.15) is 0 Å². The monoisotopic (exact) mass is 439 g/mol. The Morgan fingerprint density at radius 2 is 1.44 bits per heavy atom. The van der Waals surface area contributed by atoms with Crippen LogP contribution in [-0.2, 0) is 19.1 Å². The van der Waals surface area contributed by atoms with Crippen molar-refractivity contribution in [3.8, 4) is 11.1 Å². The summed E-state index contributed by atoms with van der Waals surface area (Å²) in [6, 6.07) is 16.1. The number of carbonyl (C=O) groups excluding carboxylic acids is 1. The lowest BCUT2D eigenvalue weighted by Crippen LogP contribution is -2.19. The Hall–Kier alpha value is -3.45. The summed E-state index contributed by atoms with van der Waals surface area (Å²) in [4.78, 5) is 33.1. The van der Waals surface area contributed by atoms with Crippen LogP contribution in [0.4, 0.5) is 0 Å². The highest BCUT2D eigenvalue weighted by Crippen LogP contribution is 2.44. The summed E-state index contributed by atoms with van der Waals surface area (Å²) in [5.41, 5.74) is 8.63. The Labute approximate surface area is 187 Å². The quantitative estimate of drug-likeness (QED) is 0.270. The van der Waals surface area contributed by atoms with Crippen molar-refractivity contribution in [2.24, 2.45) is 11.1 Å². The normalized spacial score (nSPS) is 12.8. The number of esters is 1. The molecule has 170 valence electrons. The predicted molar refractivity (Wildman–Crippen MR) is 121 cm³/mol. The zero-order chi connectivity index (χ0) is 23.9. The standard InChI is InChI=1S/C23H24O4.C2H5NO2/c1-23(2,3)13-12-19(21(24)25)22(26)27-14-20-17-10-6-4-8-15(17)16-9-5-7-11-18(16)20;3-1-2(4)5/h4-12,20H,13-14H2,1-3H3,(H,24,25);1,3H2,(H,4,5). The molecule has 0 atom stereocenters. The molecule has 0 heterocycles. The van der Waals surface area contributed by atoms with E-state index in [4.69, 9.17) is 9.84 Å². The number of hydrogen-bond acceptors (Lipinski definition) is 5. The maximum atomic E-state index is 12.4. The molecule has 1 aliphatic rings. The van der Waals surface area contributed by atoms with Crippen molar-refractivity contribution in [1.29, 1.82) is 0 Å². The van der Waals surface area contributed by atoms with E-state index in [1.54, 1.807) is 0 Å². The van der Waals surface area contributed by atoms with Crippen LogP contribution in [0.15, 0.2) is 60.2 Å². The van der Waals surface area contributed by atoms with Gasteiger partial charge in [-0.15, -0.1) is 0 Å². The van der Waals surface area contributed by atoms with Crippen molar-refractivity contribution in [3.63, 3.8) is 0 Å². The first-order valence-corrected chi connectivity index (χ1v) is 10.3. The Bertz CT molecular complexity index is 974. The fraction of sp³-hybridized carbons (Fsp3) is 0.320. The van der Waals surface area contributed by atoms with E-state index in [0.29, 0.717) is 6.42 Å². The van der Waals surface area contributed by atoms with Gasteiger partial charge in [-0.25, -0.2) is 9.59 Å². The molecule has 0 saturated carbocycles. The summed E-state index contributed by atoms with van der Waals surface area (Å²) in [5.74, 6) is -3.09. The smallest absolute Gasteiger partial charge is 0.345 e. The van der Waals surface area contributed by atoms with Crippen LogP contribution in [0, 0.1) is 5.41 Å². The number of fused-ring (bicyclic) bond motifs is 3. The highest BCUT2D eigenvalue weighted by Gasteiger charge is 2.30. The zero-order valence-corrected chi connectivity index (χ0v) is 18.5. The molecule has 0 amide bonds. The molecule has 32 heavy (non-hydrogen) atoms. The van der Waals surface area contributed by atoms with Gasteiger partial charge in [0.25, 0.3) is 0 Å². The summed E-state index contributed by atoms with van der Waals surface area (Å²) in [6.45, 7) is 5.80. The van der Waals surface area contributed by atoms with E-state index in [1.807, 2.05) is 57.2 Å². The molecule has 7 nitrogen and oxygen atoms in total. The number of benzene rings is 2. The minimum atomic E-state index is -1.25. The van der Waals surface area contributed by atoms with Crippen LogP contribution in [-0.4, -0.2) is 41.3 Å². The summed E-state index contributed by atoms with van der Waals surface area (Å²) < 4.78 is 5.44. The van der Waals surface area contributed by atoms with Crippen molar-refractivity contribution in [3.05, 3.63) is 71.3 Å². The molecule has 0 aliphatic heterocycles. The fourth-order valence-corrected chi connectivity index (χ4v) is 3.34. The molecule has 2 aromatic carbocycles. The van der Waals surface area contributed by atoms with Gasteiger partial charge in [0.05, 0.1) is 6.54 Å². The van der Waals surface area contributed by atoms with Crippen LogP contribution < -0.4 is 5.73 Å². The second kappa shape index (κ2) is 10.7. The third-order valence-corrected chi connectivity index (χ3v) is 4.89. The lowest BCUT2D eigenvalue weighted by molar-refractivity contribution is -0.144. The molecule has 7 heteroatoms. The number of carbonyl (C=O) groups is 3. The highest BCUT2D eigenvalue weighted by atomic mass is 16.5. The van der Waals surface area contributed by atoms with Crippen LogP contribution in [0.2, 0.25) is 0 Å². The fourth-order valence-electron chi connectivity index (χ4n) is 3.34. The van der Waals surface area contributed by atoms with E-state index >= 15 is 0 Å². The van der Waals surface area contributed by atoms with E-state index in [-0.39, 0.29) is 30.1 Å². The summed E-state index contributed by atoms with van der Waals surface area (Å²) in [6.07, 6.45) is 1.94. The average Bonchev–Trinajstić information content (AvgIpc) is 3.05. The third kappa shape index (κ3) is 6.52. The molecule has 0 unspecified atom stereocenters. The lowest BCUT2D eigenvalue weighted by atomic mass is 9.91. The number of nitrogens with two attached hydrogens (primary N) is 1. The number of carboxylic acids is 2. The van der Waals surface area contributed by atoms with Crippen LogP contribution in [0.1, 0.15) is 44.2 Å². The highest BCUT2D eigenvalue weighted by molar-refractivity contribution is 6.13. The number of rotatable bonds is 6. The zero-order valence-electron chi connectivity index (χ0n) is 18.5. The first-order valence-electron chi connectivity index (χ1n) is 10.3. The van der Waals surface area contributed by atoms with Crippen molar-refractivity contribution in [2.45, 2.75) is 33.1 Å². The Balaban J connectivity index is 0.000000654. The molecule has 0 spiro atoms. The first kappa shape index (κ1) is 24.8. The molecule has 0 aromatic heterocycles. The van der Waals surface area contributed by atoms with Gasteiger partial charge in [0.1, 0.15) is 12.2 Å². The molecule has 2 aromatic rings.